The third-order valence-electron chi connectivity index (χ3n) is 4.18. The first-order valence-corrected chi connectivity index (χ1v) is 8.65. The fourth-order valence-corrected chi connectivity index (χ4v) is 3.34. The van der Waals surface area contributed by atoms with Gasteiger partial charge in [0.1, 0.15) is 5.82 Å². The van der Waals surface area contributed by atoms with Crippen molar-refractivity contribution in [3.63, 3.8) is 0 Å². The molecule has 0 spiro atoms. The average Bonchev–Trinajstić information content (AvgIpc) is 2.53. The van der Waals surface area contributed by atoms with Gasteiger partial charge in [-0.2, -0.15) is 0 Å². The fraction of sp³-hybridized carbons (Fsp3) is 0.389. The summed E-state index contributed by atoms with van der Waals surface area (Å²) in [5, 5.41) is 3.61. The van der Waals surface area contributed by atoms with Crippen LogP contribution in [0.3, 0.4) is 0 Å². The SMILES string of the molecule is Cc1ccnc(NC2CCCN(Cc3ccccc3)C2)c1Br. The zero-order valence-electron chi connectivity index (χ0n) is 12.9. The molecule has 1 atom stereocenters. The number of nitrogens with one attached hydrogen (secondary N) is 1. The highest BCUT2D eigenvalue weighted by Gasteiger charge is 2.21. The number of anilines is 1. The van der Waals surface area contributed by atoms with Crippen molar-refractivity contribution in [2.75, 3.05) is 18.4 Å². The predicted octanol–water partition coefficient (Wildman–Crippen LogP) is 4.23. The lowest BCUT2D eigenvalue weighted by molar-refractivity contribution is 0.208. The molecule has 1 fully saturated rings. The molecule has 2 aromatic rings. The highest BCUT2D eigenvalue weighted by atomic mass is 79.9. The van der Waals surface area contributed by atoms with E-state index in [0.717, 1.165) is 23.4 Å². The molecule has 4 heteroatoms. The number of piperidine rings is 1. The number of hydrogen-bond acceptors (Lipinski definition) is 3. The first-order chi connectivity index (χ1) is 10.7. The third kappa shape index (κ3) is 3.87. The third-order valence-corrected chi connectivity index (χ3v) is 5.18. The summed E-state index contributed by atoms with van der Waals surface area (Å²) in [6, 6.07) is 13.2. The number of benzene rings is 1. The second-order valence-electron chi connectivity index (χ2n) is 5.99. The highest BCUT2D eigenvalue weighted by Crippen LogP contribution is 2.25. The number of pyridine rings is 1. The maximum Gasteiger partial charge on any atom is 0.140 e. The molecule has 1 aliphatic heterocycles. The van der Waals surface area contributed by atoms with Gasteiger partial charge in [0.25, 0.3) is 0 Å². The number of likely N-dealkylation sites (tertiary alicyclic amines) is 1. The van der Waals surface area contributed by atoms with Crippen molar-refractivity contribution in [2.24, 2.45) is 0 Å². The molecule has 1 unspecified atom stereocenters. The van der Waals surface area contributed by atoms with Crippen LogP contribution in [0.5, 0.6) is 0 Å². The Kier molecular flexibility index (Phi) is 5.11. The summed E-state index contributed by atoms with van der Waals surface area (Å²) in [6.45, 7) is 5.37. The van der Waals surface area contributed by atoms with Gasteiger partial charge in [0.2, 0.25) is 0 Å². The molecule has 0 aliphatic carbocycles. The highest BCUT2D eigenvalue weighted by molar-refractivity contribution is 9.10. The van der Waals surface area contributed by atoms with E-state index in [1.165, 1.54) is 30.5 Å². The fourth-order valence-electron chi connectivity index (χ4n) is 2.99. The van der Waals surface area contributed by atoms with Crippen LogP contribution in [-0.2, 0) is 6.54 Å². The molecule has 3 rings (SSSR count). The Labute approximate surface area is 140 Å². The summed E-state index contributed by atoms with van der Waals surface area (Å²) in [5.74, 6) is 0.964. The Bertz CT molecular complexity index is 615. The van der Waals surface area contributed by atoms with E-state index >= 15 is 0 Å². The number of aryl methyl sites for hydroxylation is 1. The standard InChI is InChI=1S/C18H22BrN3/c1-14-9-10-20-18(17(14)19)21-16-8-5-11-22(13-16)12-15-6-3-2-4-7-15/h2-4,6-7,9-10,16H,5,8,11-13H2,1H3,(H,20,21). The minimum absolute atomic E-state index is 0.461. The van der Waals surface area contributed by atoms with Crippen LogP contribution in [0.1, 0.15) is 24.0 Å². The van der Waals surface area contributed by atoms with Crippen molar-refractivity contribution >= 4 is 21.7 Å². The monoisotopic (exact) mass is 359 g/mol. The van der Waals surface area contributed by atoms with Crippen LogP contribution in [0.2, 0.25) is 0 Å². The van der Waals surface area contributed by atoms with Gasteiger partial charge in [-0.25, -0.2) is 4.98 Å². The van der Waals surface area contributed by atoms with E-state index in [1.807, 2.05) is 12.3 Å². The molecule has 2 heterocycles. The Morgan fingerprint density at radius 2 is 2.09 bits per heavy atom. The number of rotatable bonds is 4. The first kappa shape index (κ1) is 15.5. The maximum absolute atomic E-state index is 4.47. The summed E-state index contributed by atoms with van der Waals surface area (Å²) < 4.78 is 1.08. The molecule has 1 N–H and O–H groups in total. The van der Waals surface area contributed by atoms with Gasteiger partial charge in [0.05, 0.1) is 4.47 Å². The average molecular weight is 360 g/mol. The molecule has 0 saturated carbocycles. The van der Waals surface area contributed by atoms with Crippen molar-refractivity contribution in [3.8, 4) is 0 Å². The molecule has 0 radical (unpaired) electrons. The molecule has 0 bridgehead atoms. The van der Waals surface area contributed by atoms with Crippen molar-refractivity contribution in [2.45, 2.75) is 32.4 Å². The Balaban J connectivity index is 1.62. The molecule has 22 heavy (non-hydrogen) atoms. The predicted molar refractivity (Wildman–Crippen MR) is 95.0 cm³/mol. The van der Waals surface area contributed by atoms with E-state index < -0.39 is 0 Å². The maximum atomic E-state index is 4.47. The van der Waals surface area contributed by atoms with Gasteiger partial charge in [-0.15, -0.1) is 0 Å². The number of hydrogen-bond donors (Lipinski definition) is 1. The topological polar surface area (TPSA) is 28.2 Å². The minimum Gasteiger partial charge on any atom is -0.365 e. The lowest BCUT2D eigenvalue weighted by Crippen LogP contribution is -2.41. The summed E-state index contributed by atoms with van der Waals surface area (Å²) in [6.07, 6.45) is 4.30. The second kappa shape index (κ2) is 7.25. The first-order valence-electron chi connectivity index (χ1n) is 7.86. The van der Waals surface area contributed by atoms with Crippen molar-refractivity contribution < 1.29 is 0 Å². The van der Waals surface area contributed by atoms with E-state index in [1.54, 1.807) is 0 Å². The van der Waals surface area contributed by atoms with E-state index in [0.29, 0.717) is 6.04 Å². The molecular formula is C18H22BrN3. The summed E-state index contributed by atoms with van der Waals surface area (Å²) in [4.78, 5) is 6.99. The Morgan fingerprint density at radius 3 is 2.91 bits per heavy atom. The van der Waals surface area contributed by atoms with Gasteiger partial charge in [0, 0.05) is 25.3 Å². The van der Waals surface area contributed by atoms with Gasteiger partial charge in [-0.3, -0.25) is 4.90 Å². The summed E-state index contributed by atoms with van der Waals surface area (Å²) >= 11 is 3.64. The number of aromatic nitrogens is 1. The number of nitrogens with zero attached hydrogens (tertiary/aromatic N) is 2. The van der Waals surface area contributed by atoms with Crippen LogP contribution in [0.4, 0.5) is 5.82 Å². The quantitative estimate of drug-likeness (QED) is 0.885. The molecule has 1 aromatic carbocycles. The van der Waals surface area contributed by atoms with E-state index in [4.69, 9.17) is 0 Å². The van der Waals surface area contributed by atoms with Crippen LogP contribution in [-0.4, -0.2) is 29.0 Å². The lowest BCUT2D eigenvalue weighted by Gasteiger charge is -2.33. The summed E-state index contributed by atoms with van der Waals surface area (Å²) in [5.41, 5.74) is 2.60. The van der Waals surface area contributed by atoms with Crippen LogP contribution in [0, 0.1) is 6.92 Å². The lowest BCUT2D eigenvalue weighted by atomic mass is 10.0. The molecular weight excluding hydrogens is 338 g/mol. The Hall–Kier alpha value is -1.39. The van der Waals surface area contributed by atoms with Crippen LogP contribution >= 0.6 is 15.9 Å². The molecule has 1 aromatic heterocycles. The molecule has 0 amide bonds. The van der Waals surface area contributed by atoms with Gasteiger partial charge in [0.15, 0.2) is 0 Å². The molecule has 1 aliphatic rings. The molecule has 3 nitrogen and oxygen atoms in total. The minimum atomic E-state index is 0.461. The number of halogens is 1. The van der Waals surface area contributed by atoms with E-state index in [-0.39, 0.29) is 0 Å². The molecule has 116 valence electrons. The Morgan fingerprint density at radius 1 is 1.27 bits per heavy atom. The molecule has 1 saturated heterocycles. The van der Waals surface area contributed by atoms with E-state index in [9.17, 15) is 0 Å². The smallest absolute Gasteiger partial charge is 0.140 e. The zero-order chi connectivity index (χ0) is 15.4. The zero-order valence-corrected chi connectivity index (χ0v) is 14.5. The van der Waals surface area contributed by atoms with Gasteiger partial charge in [-0.05, 0) is 59.4 Å². The van der Waals surface area contributed by atoms with E-state index in [2.05, 4.69) is 68.4 Å². The summed E-state index contributed by atoms with van der Waals surface area (Å²) in [7, 11) is 0. The van der Waals surface area contributed by atoms with Gasteiger partial charge < -0.3 is 5.32 Å². The van der Waals surface area contributed by atoms with Crippen molar-refractivity contribution in [1.82, 2.24) is 9.88 Å². The van der Waals surface area contributed by atoms with Crippen molar-refractivity contribution in [1.29, 1.82) is 0 Å². The normalized spacial score (nSPS) is 19.1. The van der Waals surface area contributed by atoms with Gasteiger partial charge >= 0.3 is 0 Å². The van der Waals surface area contributed by atoms with Crippen LogP contribution < -0.4 is 5.32 Å². The van der Waals surface area contributed by atoms with Crippen LogP contribution in [0.15, 0.2) is 47.1 Å². The second-order valence-corrected chi connectivity index (χ2v) is 6.79. The van der Waals surface area contributed by atoms with Crippen molar-refractivity contribution in [3.05, 3.63) is 58.2 Å². The largest absolute Gasteiger partial charge is 0.365 e. The van der Waals surface area contributed by atoms with Crippen LogP contribution in [0.25, 0.3) is 0 Å². The van der Waals surface area contributed by atoms with Gasteiger partial charge in [-0.1, -0.05) is 30.3 Å².